The molecule has 0 aliphatic heterocycles. The maximum absolute atomic E-state index is 11.1. The molecule has 5 heteroatoms. The molecule has 0 aliphatic rings. The van der Waals surface area contributed by atoms with Crippen LogP contribution in [0.3, 0.4) is 0 Å². The van der Waals surface area contributed by atoms with Crippen LogP contribution in [-0.2, 0) is 26.8 Å². The first-order valence-corrected chi connectivity index (χ1v) is 9.85. The third-order valence-corrected chi connectivity index (χ3v) is 8.42. The van der Waals surface area contributed by atoms with Crippen molar-refractivity contribution in [2.45, 2.75) is 51.7 Å². The van der Waals surface area contributed by atoms with Gasteiger partial charge in [0.15, 0.2) is 8.32 Å². The SMILES string of the molecule is COC(=O)Cc1ccc(CCO[Si](C)(C)C(C)(C)C)o1. The first-order valence-electron chi connectivity index (χ1n) is 6.94. The molecule has 1 aromatic heterocycles. The first-order chi connectivity index (χ1) is 9.15. The zero-order valence-corrected chi connectivity index (χ0v) is 14.4. The molecule has 4 nitrogen and oxygen atoms in total. The molecule has 0 saturated carbocycles. The van der Waals surface area contributed by atoms with Crippen LogP contribution in [0.25, 0.3) is 0 Å². The Balaban J connectivity index is 2.45. The first kappa shape index (κ1) is 17.0. The summed E-state index contributed by atoms with van der Waals surface area (Å²) in [6.45, 7) is 11.8. The molecule has 114 valence electrons. The fourth-order valence-corrected chi connectivity index (χ4v) is 2.53. The average Bonchev–Trinajstić information content (AvgIpc) is 2.75. The summed E-state index contributed by atoms with van der Waals surface area (Å²) in [6, 6.07) is 3.71. The highest BCUT2D eigenvalue weighted by Crippen LogP contribution is 2.36. The van der Waals surface area contributed by atoms with Gasteiger partial charge in [-0.1, -0.05) is 20.8 Å². The van der Waals surface area contributed by atoms with E-state index >= 15 is 0 Å². The summed E-state index contributed by atoms with van der Waals surface area (Å²) in [5, 5.41) is 0.214. The van der Waals surface area contributed by atoms with E-state index in [0.29, 0.717) is 12.4 Å². The topological polar surface area (TPSA) is 48.7 Å². The zero-order chi connectivity index (χ0) is 15.4. The largest absolute Gasteiger partial charge is 0.469 e. The van der Waals surface area contributed by atoms with E-state index in [1.807, 2.05) is 12.1 Å². The van der Waals surface area contributed by atoms with Crippen molar-refractivity contribution in [2.24, 2.45) is 0 Å². The summed E-state index contributed by atoms with van der Waals surface area (Å²) in [6.07, 6.45) is 0.910. The zero-order valence-electron chi connectivity index (χ0n) is 13.4. The lowest BCUT2D eigenvalue weighted by Crippen LogP contribution is -2.41. The number of hydrogen-bond donors (Lipinski definition) is 0. The summed E-state index contributed by atoms with van der Waals surface area (Å²) >= 11 is 0. The van der Waals surface area contributed by atoms with Gasteiger partial charge in [-0.25, -0.2) is 0 Å². The van der Waals surface area contributed by atoms with Crippen molar-refractivity contribution in [3.8, 4) is 0 Å². The molecule has 0 amide bonds. The predicted molar refractivity (Wildman–Crippen MR) is 81.3 cm³/mol. The second-order valence-electron chi connectivity index (χ2n) is 6.48. The van der Waals surface area contributed by atoms with Crippen LogP contribution in [0.1, 0.15) is 32.3 Å². The normalized spacial score (nSPS) is 12.5. The van der Waals surface area contributed by atoms with Gasteiger partial charge in [0.2, 0.25) is 0 Å². The second kappa shape index (κ2) is 6.59. The fourth-order valence-electron chi connectivity index (χ4n) is 1.49. The van der Waals surface area contributed by atoms with Crippen LogP contribution in [-0.4, -0.2) is 28.0 Å². The van der Waals surface area contributed by atoms with Crippen LogP contribution >= 0.6 is 0 Å². The minimum Gasteiger partial charge on any atom is -0.469 e. The molecule has 0 spiro atoms. The molecule has 1 heterocycles. The van der Waals surface area contributed by atoms with Gasteiger partial charge in [-0.15, -0.1) is 0 Å². The van der Waals surface area contributed by atoms with Crippen molar-refractivity contribution in [1.82, 2.24) is 0 Å². The van der Waals surface area contributed by atoms with Crippen molar-refractivity contribution in [3.63, 3.8) is 0 Å². The number of carbonyl (C=O) groups excluding carboxylic acids is 1. The highest BCUT2D eigenvalue weighted by atomic mass is 28.4. The van der Waals surface area contributed by atoms with Crippen molar-refractivity contribution >= 4 is 14.3 Å². The number of hydrogen-bond acceptors (Lipinski definition) is 4. The molecule has 0 N–H and O–H groups in total. The predicted octanol–water partition coefficient (Wildman–Crippen LogP) is 3.56. The third-order valence-electron chi connectivity index (χ3n) is 3.88. The number of esters is 1. The van der Waals surface area contributed by atoms with Crippen LogP contribution < -0.4 is 0 Å². The van der Waals surface area contributed by atoms with Crippen molar-refractivity contribution in [3.05, 3.63) is 23.7 Å². The van der Waals surface area contributed by atoms with E-state index in [2.05, 4.69) is 38.6 Å². The molecule has 0 unspecified atom stereocenters. The minimum atomic E-state index is -1.70. The van der Waals surface area contributed by atoms with Gasteiger partial charge < -0.3 is 13.6 Å². The Morgan fingerprint density at radius 2 is 1.85 bits per heavy atom. The smallest absolute Gasteiger partial charge is 0.313 e. The summed E-state index contributed by atoms with van der Waals surface area (Å²) in [5.74, 6) is 1.20. The Bertz CT molecular complexity index is 443. The number of methoxy groups -OCH3 is 1. The van der Waals surface area contributed by atoms with E-state index in [1.54, 1.807) is 0 Å². The molecule has 1 aromatic rings. The van der Waals surface area contributed by atoms with Gasteiger partial charge >= 0.3 is 5.97 Å². The molecule has 0 aromatic carbocycles. The highest BCUT2D eigenvalue weighted by molar-refractivity contribution is 6.74. The number of carbonyl (C=O) groups is 1. The summed E-state index contributed by atoms with van der Waals surface area (Å²) in [4.78, 5) is 11.1. The lowest BCUT2D eigenvalue weighted by Gasteiger charge is -2.36. The molecule has 0 radical (unpaired) electrons. The molecule has 0 bridgehead atoms. The van der Waals surface area contributed by atoms with Crippen LogP contribution in [0.15, 0.2) is 16.5 Å². The van der Waals surface area contributed by atoms with Gasteiger partial charge in [-0.05, 0) is 30.3 Å². The van der Waals surface area contributed by atoms with E-state index in [1.165, 1.54) is 7.11 Å². The summed E-state index contributed by atoms with van der Waals surface area (Å²) < 4.78 is 16.3. The molecule has 0 fully saturated rings. The van der Waals surface area contributed by atoms with E-state index in [0.717, 1.165) is 12.2 Å². The van der Waals surface area contributed by atoms with Crippen LogP contribution in [0.2, 0.25) is 18.1 Å². The van der Waals surface area contributed by atoms with Gasteiger partial charge in [0.05, 0.1) is 7.11 Å². The Morgan fingerprint density at radius 3 is 2.40 bits per heavy atom. The molecular weight excluding hydrogens is 272 g/mol. The molecule has 0 saturated heterocycles. The van der Waals surface area contributed by atoms with Gasteiger partial charge in [0.1, 0.15) is 17.9 Å². The number of furan rings is 1. The molecular formula is C15H26O4Si. The van der Waals surface area contributed by atoms with Crippen molar-refractivity contribution < 1.29 is 18.4 Å². The quantitative estimate of drug-likeness (QED) is 0.595. The maximum atomic E-state index is 11.1. The van der Waals surface area contributed by atoms with Crippen LogP contribution in [0.4, 0.5) is 0 Å². The monoisotopic (exact) mass is 298 g/mol. The summed E-state index contributed by atoms with van der Waals surface area (Å²) in [7, 11) is -0.325. The fraction of sp³-hybridized carbons (Fsp3) is 0.667. The Kier molecular flexibility index (Phi) is 5.59. The maximum Gasteiger partial charge on any atom is 0.313 e. The Hall–Kier alpha value is -1.07. The Labute approximate surface area is 122 Å². The van der Waals surface area contributed by atoms with Crippen LogP contribution in [0, 0.1) is 0 Å². The average molecular weight is 298 g/mol. The Morgan fingerprint density at radius 1 is 1.25 bits per heavy atom. The lowest BCUT2D eigenvalue weighted by atomic mass is 10.2. The number of rotatable bonds is 6. The molecule has 0 aliphatic carbocycles. The lowest BCUT2D eigenvalue weighted by molar-refractivity contribution is -0.140. The van der Waals surface area contributed by atoms with Crippen LogP contribution in [0.5, 0.6) is 0 Å². The van der Waals surface area contributed by atoms with Gasteiger partial charge in [0.25, 0.3) is 0 Å². The van der Waals surface area contributed by atoms with Crippen molar-refractivity contribution in [2.75, 3.05) is 13.7 Å². The van der Waals surface area contributed by atoms with E-state index < -0.39 is 8.32 Å². The standard InChI is InChI=1S/C15H26O4Si/c1-15(2,3)20(5,6)18-10-9-12-7-8-13(19-12)11-14(16)17-4/h7-8H,9-11H2,1-6H3. The molecule has 0 atom stereocenters. The van der Waals surface area contributed by atoms with Crippen molar-refractivity contribution in [1.29, 1.82) is 0 Å². The minimum absolute atomic E-state index is 0.180. The number of ether oxygens (including phenoxy) is 1. The van der Waals surface area contributed by atoms with Gasteiger partial charge in [-0.2, -0.15) is 0 Å². The van der Waals surface area contributed by atoms with E-state index in [-0.39, 0.29) is 17.4 Å². The van der Waals surface area contributed by atoms with E-state index in [9.17, 15) is 4.79 Å². The third kappa shape index (κ3) is 4.79. The second-order valence-corrected chi connectivity index (χ2v) is 11.3. The molecule has 1 rings (SSSR count). The van der Waals surface area contributed by atoms with Gasteiger partial charge in [0, 0.05) is 13.0 Å². The molecule has 20 heavy (non-hydrogen) atoms. The highest BCUT2D eigenvalue weighted by Gasteiger charge is 2.36. The van der Waals surface area contributed by atoms with Gasteiger partial charge in [-0.3, -0.25) is 4.79 Å². The summed E-state index contributed by atoms with van der Waals surface area (Å²) in [5.41, 5.74) is 0. The van der Waals surface area contributed by atoms with E-state index in [4.69, 9.17) is 8.84 Å².